The van der Waals surface area contributed by atoms with Crippen LogP contribution in [0.1, 0.15) is 31.8 Å². The van der Waals surface area contributed by atoms with E-state index in [4.69, 9.17) is 10.9 Å². The van der Waals surface area contributed by atoms with Crippen molar-refractivity contribution in [3.63, 3.8) is 0 Å². The van der Waals surface area contributed by atoms with Crippen LogP contribution >= 0.6 is 0 Å². The molecule has 7 nitrogen and oxygen atoms in total. The third kappa shape index (κ3) is 3.40. The molecule has 0 saturated carbocycles. The van der Waals surface area contributed by atoms with Crippen LogP contribution in [-0.2, 0) is 11.3 Å². The second-order valence-corrected chi connectivity index (χ2v) is 4.45. The molecule has 0 radical (unpaired) electrons. The van der Waals surface area contributed by atoms with E-state index in [-0.39, 0.29) is 18.3 Å². The van der Waals surface area contributed by atoms with Gasteiger partial charge in [0.15, 0.2) is 5.84 Å². The Morgan fingerprint density at radius 3 is 2.84 bits per heavy atom. The van der Waals surface area contributed by atoms with Crippen molar-refractivity contribution in [3.8, 4) is 0 Å². The standard InChI is InChI=1S/C12H19N5O2/c1-4-12(3,10(13)17-19)11(18)15-7-9-5-6-14-8(2)16-9/h5-6,19H,4,7H2,1-3H3,(H2,13,17)(H,15,18). The van der Waals surface area contributed by atoms with Gasteiger partial charge in [-0.05, 0) is 26.3 Å². The minimum atomic E-state index is -1.03. The van der Waals surface area contributed by atoms with Gasteiger partial charge in [-0.1, -0.05) is 12.1 Å². The highest BCUT2D eigenvalue weighted by molar-refractivity contribution is 6.06. The molecule has 0 aliphatic rings. The largest absolute Gasteiger partial charge is 0.409 e. The number of amides is 1. The minimum absolute atomic E-state index is 0.105. The Bertz CT molecular complexity index is 489. The summed E-state index contributed by atoms with van der Waals surface area (Å²) in [6.07, 6.45) is 2.06. The number of aryl methyl sites for hydroxylation is 1. The molecule has 1 aromatic heterocycles. The number of carbonyl (C=O) groups is 1. The average molecular weight is 265 g/mol. The fraction of sp³-hybridized carbons (Fsp3) is 0.500. The number of rotatable bonds is 5. The maximum absolute atomic E-state index is 12.1. The van der Waals surface area contributed by atoms with Crippen LogP contribution in [0.3, 0.4) is 0 Å². The number of hydrogen-bond acceptors (Lipinski definition) is 5. The van der Waals surface area contributed by atoms with Crippen molar-refractivity contribution in [1.82, 2.24) is 15.3 Å². The number of carbonyl (C=O) groups excluding carboxylic acids is 1. The van der Waals surface area contributed by atoms with Crippen LogP contribution in [0.15, 0.2) is 17.4 Å². The van der Waals surface area contributed by atoms with Crippen molar-refractivity contribution < 1.29 is 10.0 Å². The molecule has 0 bridgehead atoms. The van der Waals surface area contributed by atoms with Crippen LogP contribution in [0.5, 0.6) is 0 Å². The van der Waals surface area contributed by atoms with Crippen LogP contribution < -0.4 is 11.1 Å². The molecule has 1 atom stereocenters. The fourth-order valence-corrected chi connectivity index (χ4v) is 1.54. The molecule has 4 N–H and O–H groups in total. The first-order valence-electron chi connectivity index (χ1n) is 5.99. The van der Waals surface area contributed by atoms with Crippen LogP contribution in [0.4, 0.5) is 0 Å². The van der Waals surface area contributed by atoms with E-state index in [0.29, 0.717) is 17.9 Å². The number of oxime groups is 1. The highest BCUT2D eigenvalue weighted by Gasteiger charge is 2.36. The van der Waals surface area contributed by atoms with E-state index in [0.717, 1.165) is 0 Å². The zero-order valence-corrected chi connectivity index (χ0v) is 11.3. The SMILES string of the molecule is CCC(C)(C(=O)NCc1ccnc(C)n1)/C(N)=N/O. The maximum atomic E-state index is 12.1. The van der Waals surface area contributed by atoms with Gasteiger partial charge in [-0.3, -0.25) is 4.79 Å². The molecular weight excluding hydrogens is 246 g/mol. The van der Waals surface area contributed by atoms with E-state index >= 15 is 0 Å². The fourth-order valence-electron chi connectivity index (χ4n) is 1.54. The predicted molar refractivity (Wildman–Crippen MR) is 70.4 cm³/mol. The summed E-state index contributed by atoms with van der Waals surface area (Å²) in [7, 11) is 0. The van der Waals surface area contributed by atoms with Gasteiger partial charge in [0.2, 0.25) is 5.91 Å². The summed E-state index contributed by atoms with van der Waals surface area (Å²) in [5.41, 5.74) is 5.25. The summed E-state index contributed by atoms with van der Waals surface area (Å²) >= 11 is 0. The summed E-state index contributed by atoms with van der Waals surface area (Å²) in [4.78, 5) is 20.3. The zero-order chi connectivity index (χ0) is 14.5. The second kappa shape index (κ2) is 6.12. The van der Waals surface area contributed by atoms with Crippen molar-refractivity contribution in [1.29, 1.82) is 0 Å². The highest BCUT2D eigenvalue weighted by atomic mass is 16.4. The lowest BCUT2D eigenvalue weighted by Gasteiger charge is -2.25. The monoisotopic (exact) mass is 265 g/mol. The quantitative estimate of drug-likeness (QED) is 0.311. The molecule has 1 aromatic rings. The molecule has 1 amide bonds. The smallest absolute Gasteiger partial charge is 0.233 e. The molecular formula is C12H19N5O2. The van der Waals surface area contributed by atoms with Gasteiger partial charge in [0.25, 0.3) is 0 Å². The Balaban J connectivity index is 2.74. The lowest BCUT2D eigenvalue weighted by Crippen LogP contribution is -2.47. The lowest BCUT2D eigenvalue weighted by molar-refractivity contribution is -0.127. The summed E-state index contributed by atoms with van der Waals surface area (Å²) in [5.74, 6) is 0.231. The molecule has 1 unspecified atom stereocenters. The van der Waals surface area contributed by atoms with E-state index in [1.807, 2.05) is 0 Å². The Morgan fingerprint density at radius 1 is 1.63 bits per heavy atom. The van der Waals surface area contributed by atoms with Gasteiger partial charge in [0.05, 0.1) is 12.2 Å². The summed E-state index contributed by atoms with van der Waals surface area (Å²) in [6, 6.07) is 1.72. The number of hydrogen-bond donors (Lipinski definition) is 3. The molecule has 0 aromatic carbocycles. The maximum Gasteiger partial charge on any atom is 0.233 e. The number of nitrogens with two attached hydrogens (primary N) is 1. The van der Waals surface area contributed by atoms with Crippen molar-refractivity contribution in [2.75, 3.05) is 0 Å². The van der Waals surface area contributed by atoms with Gasteiger partial charge in [-0.25, -0.2) is 9.97 Å². The van der Waals surface area contributed by atoms with Gasteiger partial charge >= 0.3 is 0 Å². The van der Waals surface area contributed by atoms with Gasteiger partial charge in [-0.2, -0.15) is 0 Å². The molecule has 7 heteroatoms. The second-order valence-electron chi connectivity index (χ2n) is 4.45. The first-order chi connectivity index (χ1) is 8.93. The Hall–Kier alpha value is -2.18. The lowest BCUT2D eigenvalue weighted by atomic mass is 9.85. The Labute approximate surface area is 111 Å². The Kier molecular flexibility index (Phi) is 4.80. The van der Waals surface area contributed by atoms with Crippen LogP contribution in [0.25, 0.3) is 0 Å². The van der Waals surface area contributed by atoms with Gasteiger partial charge < -0.3 is 16.3 Å². The molecule has 0 fully saturated rings. The highest BCUT2D eigenvalue weighted by Crippen LogP contribution is 2.21. The molecule has 0 aliphatic carbocycles. The van der Waals surface area contributed by atoms with Gasteiger partial charge in [-0.15, -0.1) is 0 Å². The minimum Gasteiger partial charge on any atom is -0.409 e. The number of nitrogens with zero attached hydrogens (tertiary/aromatic N) is 3. The normalized spacial score (nSPS) is 14.8. The van der Waals surface area contributed by atoms with Crippen molar-refractivity contribution in [2.45, 2.75) is 33.7 Å². The van der Waals surface area contributed by atoms with Crippen LogP contribution in [0.2, 0.25) is 0 Å². The van der Waals surface area contributed by atoms with Crippen LogP contribution in [0, 0.1) is 12.3 Å². The zero-order valence-electron chi connectivity index (χ0n) is 11.3. The first-order valence-corrected chi connectivity index (χ1v) is 5.99. The van der Waals surface area contributed by atoms with Gasteiger partial charge in [0, 0.05) is 6.20 Å². The van der Waals surface area contributed by atoms with E-state index in [1.165, 1.54) is 0 Å². The number of aromatic nitrogens is 2. The van der Waals surface area contributed by atoms with E-state index < -0.39 is 5.41 Å². The summed E-state index contributed by atoms with van der Waals surface area (Å²) in [5, 5.41) is 14.4. The molecule has 1 heterocycles. The third-order valence-corrected chi connectivity index (χ3v) is 3.15. The number of amidine groups is 1. The van der Waals surface area contributed by atoms with Crippen molar-refractivity contribution >= 4 is 11.7 Å². The molecule has 0 aliphatic heterocycles. The molecule has 1 rings (SSSR count). The molecule has 0 saturated heterocycles. The number of nitrogens with one attached hydrogen (secondary N) is 1. The predicted octanol–water partition coefficient (Wildman–Crippen LogP) is 0.564. The molecule has 0 spiro atoms. The van der Waals surface area contributed by atoms with Gasteiger partial charge in [0.1, 0.15) is 11.2 Å². The molecule has 104 valence electrons. The topological polar surface area (TPSA) is 113 Å². The third-order valence-electron chi connectivity index (χ3n) is 3.15. The van der Waals surface area contributed by atoms with Crippen molar-refractivity contribution in [2.24, 2.45) is 16.3 Å². The van der Waals surface area contributed by atoms with Crippen molar-refractivity contribution in [3.05, 3.63) is 23.8 Å². The van der Waals surface area contributed by atoms with Crippen LogP contribution in [-0.4, -0.2) is 26.9 Å². The summed E-state index contributed by atoms with van der Waals surface area (Å²) in [6.45, 7) is 5.48. The first kappa shape index (κ1) is 14.9. The molecule has 19 heavy (non-hydrogen) atoms. The van der Waals surface area contributed by atoms with E-state index in [1.54, 1.807) is 33.0 Å². The van der Waals surface area contributed by atoms with E-state index in [2.05, 4.69) is 20.4 Å². The average Bonchev–Trinajstić information content (AvgIpc) is 2.42. The Morgan fingerprint density at radius 2 is 2.32 bits per heavy atom. The summed E-state index contributed by atoms with van der Waals surface area (Å²) < 4.78 is 0. The van der Waals surface area contributed by atoms with E-state index in [9.17, 15) is 4.79 Å².